The SMILES string of the molecule is CCOC(=O)C1CCN(C(c2ccc(OCC)cc2)c2c(O)cc(C)n(CC)c2=O)CC1. The number of aromatic hydroxyl groups is 1. The van der Waals surface area contributed by atoms with Gasteiger partial charge in [-0.3, -0.25) is 14.5 Å². The van der Waals surface area contributed by atoms with Gasteiger partial charge in [-0.2, -0.15) is 0 Å². The number of carbonyl (C=O) groups excluding carboxylic acids is 1. The largest absolute Gasteiger partial charge is 0.507 e. The molecule has 1 fully saturated rings. The van der Waals surface area contributed by atoms with E-state index in [4.69, 9.17) is 9.47 Å². The monoisotopic (exact) mass is 442 g/mol. The van der Waals surface area contributed by atoms with E-state index in [1.807, 2.05) is 52.0 Å². The molecule has 3 rings (SSSR count). The minimum absolute atomic E-state index is 0.00333. The third-order valence-corrected chi connectivity index (χ3v) is 6.13. The van der Waals surface area contributed by atoms with Crippen molar-refractivity contribution in [3.05, 3.63) is 57.5 Å². The van der Waals surface area contributed by atoms with Crippen molar-refractivity contribution < 1.29 is 19.4 Å². The zero-order valence-corrected chi connectivity index (χ0v) is 19.5. The van der Waals surface area contributed by atoms with Gasteiger partial charge in [0.15, 0.2) is 0 Å². The van der Waals surface area contributed by atoms with Crippen molar-refractivity contribution in [1.29, 1.82) is 0 Å². The zero-order chi connectivity index (χ0) is 23.3. The Morgan fingerprint density at radius 3 is 2.34 bits per heavy atom. The number of esters is 1. The Morgan fingerprint density at radius 2 is 1.78 bits per heavy atom. The molecule has 1 unspecified atom stereocenters. The van der Waals surface area contributed by atoms with Gasteiger partial charge in [0.25, 0.3) is 5.56 Å². The number of aromatic nitrogens is 1. The molecule has 0 spiro atoms. The van der Waals surface area contributed by atoms with Crippen LogP contribution in [0.2, 0.25) is 0 Å². The van der Waals surface area contributed by atoms with Crippen molar-refractivity contribution in [3.8, 4) is 11.5 Å². The molecule has 1 aromatic heterocycles. The molecule has 174 valence electrons. The molecule has 7 heteroatoms. The van der Waals surface area contributed by atoms with Gasteiger partial charge in [-0.05, 0) is 77.4 Å². The first-order valence-electron chi connectivity index (χ1n) is 11.5. The number of hydrogen-bond donors (Lipinski definition) is 1. The maximum atomic E-state index is 13.4. The van der Waals surface area contributed by atoms with Crippen LogP contribution < -0.4 is 10.3 Å². The number of pyridine rings is 1. The lowest BCUT2D eigenvalue weighted by Gasteiger charge is -2.37. The molecule has 1 N–H and O–H groups in total. The highest BCUT2D eigenvalue weighted by Gasteiger charge is 2.34. The van der Waals surface area contributed by atoms with Crippen LogP contribution in [0.4, 0.5) is 0 Å². The molecule has 1 aromatic carbocycles. The van der Waals surface area contributed by atoms with E-state index in [0.29, 0.717) is 51.3 Å². The number of piperidine rings is 1. The van der Waals surface area contributed by atoms with Crippen molar-refractivity contribution >= 4 is 5.97 Å². The first-order chi connectivity index (χ1) is 15.4. The molecule has 0 aliphatic carbocycles. The predicted molar refractivity (Wildman–Crippen MR) is 123 cm³/mol. The van der Waals surface area contributed by atoms with E-state index in [1.165, 1.54) is 0 Å². The van der Waals surface area contributed by atoms with Gasteiger partial charge in [-0.1, -0.05) is 12.1 Å². The fraction of sp³-hybridized carbons (Fsp3) is 0.520. The molecule has 1 atom stereocenters. The highest BCUT2D eigenvalue weighted by atomic mass is 16.5. The Labute approximate surface area is 189 Å². The number of aryl methyl sites for hydroxylation is 1. The molecule has 2 heterocycles. The van der Waals surface area contributed by atoms with Gasteiger partial charge in [0.1, 0.15) is 11.5 Å². The van der Waals surface area contributed by atoms with Crippen LogP contribution in [0.3, 0.4) is 0 Å². The highest BCUT2D eigenvalue weighted by Crippen LogP contribution is 2.36. The van der Waals surface area contributed by atoms with Crippen molar-refractivity contribution in [2.75, 3.05) is 26.3 Å². The third kappa shape index (κ3) is 4.99. The molecular formula is C25H34N2O5. The number of carbonyl (C=O) groups is 1. The highest BCUT2D eigenvalue weighted by molar-refractivity contribution is 5.72. The van der Waals surface area contributed by atoms with Crippen molar-refractivity contribution in [3.63, 3.8) is 0 Å². The molecule has 32 heavy (non-hydrogen) atoms. The average Bonchev–Trinajstić information content (AvgIpc) is 2.78. The fourth-order valence-electron chi connectivity index (χ4n) is 4.55. The van der Waals surface area contributed by atoms with Crippen molar-refractivity contribution in [1.82, 2.24) is 9.47 Å². The van der Waals surface area contributed by atoms with Crippen LogP contribution in [0.5, 0.6) is 11.5 Å². The number of rotatable bonds is 8. The number of ether oxygens (including phenoxy) is 2. The first-order valence-corrected chi connectivity index (χ1v) is 11.5. The summed E-state index contributed by atoms with van der Waals surface area (Å²) in [6.07, 6.45) is 1.31. The predicted octanol–water partition coefficient (Wildman–Crippen LogP) is 3.65. The second-order valence-electron chi connectivity index (χ2n) is 8.10. The second kappa shape index (κ2) is 10.7. The number of benzene rings is 1. The molecule has 2 aromatic rings. The summed E-state index contributed by atoms with van der Waals surface area (Å²) in [5.74, 6) is 0.473. The van der Waals surface area contributed by atoms with E-state index in [-0.39, 0.29) is 23.2 Å². The Kier molecular flexibility index (Phi) is 7.96. The summed E-state index contributed by atoms with van der Waals surface area (Å²) in [6, 6.07) is 8.92. The zero-order valence-electron chi connectivity index (χ0n) is 19.5. The second-order valence-corrected chi connectivity index (χ2v) is 8.10. The summed E-state index contributed by atoms with van der Waals surface area (Å²) in [4.78, 5) is 27.8. The first kappa shape index (κ1) is 23.9. The maximum Gasteiger partial charge on any atom is 0.309 e. The van der Waals surface area contributed by atoms with E-state index in [2.05, 4.69) is 4.90 Å². The molecule has 0 radical (unpaired) electrons. The molecule has 1 saturated heterocycles. The van der Waals surface area contributed by atoms with Crippen molar-refractivity contribution in [2.45, 2.75) is 53.1 Å². The van der Waals surface area contributed by atoms with Crippen LogP contribution in [0, 0.1) is 12.8 Å². The minimum atomic E-state index is -0.417. The molecule has 1 aliphatic heterocycles. The summed E-state index contributed by atoms with van der Waals surface area (Å²) in [5, 5.41) is 10.9. The van der Waals surface area contributed by atoms with Crippen LogP contribution in [0.15, 0.2) is 35.1 Å². The number of likely N-dealkylation sites (tertiary alicyclic amines) is 1. The lowest BCUT2D eigenvalue weighted by atomic mass is 9.91. The summed E-state index contributed by atoms with van der Waals surface area (Å²) < 4.78 is 12.5. The fourth-order valence-corrected chi connectivity index (χ4v) is 4.55. The maximum absolute atomic E-state index is 13.4. The normalized spacial score (nSPS) is 16.0. The lowest BCUT2D eigenvalue weighted by Crippen LogP contribution is -2.42. The standard InChI is InChI=1S/C25H34N2O5/c1-5-27-17(4)16-21(28)22(24(27)29)23(18-8-10-20(11-9-18)31-6-2)26-14-12-19(13-15-26)25(30)32-7-3/h8-11,16,19,23,28H,5-7,12-15H2,1-4H3. The van der Waals surface area contributed by atoms with Gasteiger partial charge in [-0.25, -0.2) is 0 Å². The third-order valence-electron chi connectivity index (χ3n) is 6.13. The van der Waals surface area contributed by atoms with Crippen LogP contribution in [-0.4, -0.2) is 46.8 Å². The van der Waals surface area contributed by atoms with Gasteiger partial charge in [0, 0.05) is 12.2 Å². The average molecular weight is 443 g/mol. The van der Waals surface area contributed by atoms with E-state index in [9.17, 15) is 14.7 Å². The van der Waals surface area contributed by atoms with E-state index < -0.39 is 6.04 Å². The van der Waals surface area contributed by atoms with Crippen LogP contribution in [-0.2, 0) is 16.1 Å². The number of hydrogen-bond acceptors (Lipinski definition) is 6. The Hall–Kier alpha value is -2.80. The Balaban J connectivity index is 2.01. The lowest BCUT2D eigenvalue weighted by molar-refractivity contribution is -0.149. The van der Waals surface area contributed by atoms with Crippen LogP contribution in [0.25, 0.3) is 0 Å². The quantitative estimate of drug-likeness (QED) is 0.629. The van der Waals surface area contributed by atoms with E-state index in [1.54, 1.807) is 10.6 Å². The molecule has 0 saturated carbocycles. The van der Waals surface area contributed by atoms with Gasteiger partial charge in [0.05, 0.1) is 30.7 Å². The van der Waals surface area contributed by atoms with Crippen molar-refractivity contribution in [2.24, 2.45) is 5.92 Å². The van der Waals surface area contributed by atoms with E-state index >= 15 is 0 Å². The Bertz CT molecular complexity index is 975. The van der Waals surface area contributed by atoms with E-state index in [0.717, 1.165) is 17.0 Å². The summed E-state index contributed by atoms with van der Waals surface area (Å²) in [5.41, 5.74) is 1.82. The van der Waals surface area contributed by atoms with Gasteiger partial charge in [0.2, 0.25) is 0 Å². The summed E-state index contributed by atoms with van der Waals surface area (Å²) in [7, 11) is 0. The minimum Gasteiger partial charge on any atom is -0.507 e. The molecule has 7 nitrogen and oxygen atoms in total. The summed E-state index contributed by atoms with van der Waals surface area (Å²) >= 11 is 0. The molecule has 0 amide bonds. The smallest absolute Gasteiger partial charge is 0.309 e. The van der Waals surface area contributed by atoms with Gasteiger partial charge >= 0.3 is 5.97 Å². The van der Waals surface area contributed by atoms with Gasteiger partial charge < -0.3 is 19.1 Å². The Morgan fingerprint density at radius 1 is 1.12 bits per heavy atom. The van der Waals surface area contributed by atoms with Gasteiger partial charge in [-0.15, -0.1) is 0 Å². The van der Waals surface area contributed by atoms with Crippen LogP contribution in [0.1, 0.15) is 56.5 Å². The van der Waals surface area contributed by atoms with Crippen LogP contribution >= 0.6 is 0 Å². The summed E-state index contributed by atoms with van der Waals surface area (Å²) in [6.45, 7) is 10.2. The topological polar surface area (TPSA) is 81.0 Å². The molecule has 1 aliphatic rings. The molecule has 0 bridgehead atoms. The number of nitrogens with zero attached hydrogens (tertiary/aromatic N) is 2. The molecular weight excluding hydrogens is 408 g/mol.